The maximum atomic E-state index is 12.3. The zero-order chi connectivity index (χ0) is 20.5. The molecule has 1 aromatic heterocycles. The van der Waals surface area contributed by atoms with E-state index >= 15 is 0 Å². The Morgan fingerprint density at radius 3 is 2.52 bits per heavy atom. The van der Waals surface area contributed by atoms with E-state index in [2.05, 4.69) is 0 Å². The zero-order valence-corrected chi connectivity index (χ0v) is 15.5. The number of benzene rings is 2. The monoisotopic (exact) mass is 398 g/mol. The van der Waals surface area contributed by atoms with Gasteiger partial charge in [-0.15, -0.1) is 0 Å². The highest BCUT2D eigenvalue weighted by Gasteiger charge is 2.45. The highest BCUT2D eigenvalue weighted by atomic mass is 16.6. The molecule has 0 bridgehead atoms. The predicted molar refractivity (Wildman–Crippen MR) is 105 cm³/mol. The van der Waals surface area contributed by atoms with Crippen molar-refractivity contribution in [3.05, 3.63) is 66.4 Å². The Bertz CT molecular complexity index is 1020. The Hall–Kier alpha value is -2.91. The third kappa shape index (κ3) is 3.58. The van der Waals surface area contributed by atoms with Crippen LogP contribution < -0.4 is 5.73 Å². The Labute approximate surface area is 166 Å². The van der Waals surface area contributed by atoms with E-state index in [9.17, 15) is 20.1 Å². The molecule has 0 amide bonds. The van der Waals surface area contributed by atoms with Gasteiger partial charge in [0.2, 0.25) is 0 Å². The maximum absolute atomic E-state index is 12.3. The molecule has 0 radical (unpaired) electrons. The number of carbonyl (C=O) groups is 1. The summed E-state index contributed by atoms with van der Waals surface area (Å²) in [5, 5.41) is 32.0. The van der Waals surface area contributed by atoms with Crippen LogP contribution in [-0.4, -0.2) is 56.9 Å². The number of ether oxygens (including phenoxy) is 2. The smallest absolute Gasteiger partial charge is 0.340 e. The second-order valence-electron chi connectivity index (χ2n) is 7.00. The lowest BCUT2D eigenvalue weighted by Crippen LogP contribution is -2.56. The van der Waals surface area contributed by atoms with Crippen LogP contribution in [0.5, 0.6) is 0 Å². The van der Waals surface area contributed by atoms with Crippen molar-refractivity contribution in [2.75, 3.05) is 12.3 Å². The summed E-state index contributed by atoms with van der Waals surface area (Å²) in [6, 6.07) is 15.8. The fraction of sp³-hybridized carbons (Fsp3) is 0.286. The third-order valence-corrected chi connectivity index (χ3v) is 5.15. The summed E-state index contributed by atoms with van der Waals surface area (Å²) >= 11 is 0. The van der Waals surface area contributed by atoms with Gasteiger partial charge in [-0.25, -0.2) is 4.79 Å². The Morgan fingerprint density at radius 1 is 1.00 bits per heavy atom. The van der Waals surface area contributed by atoms with Gasteiger partial charge in [-0.2, -0.15) is 0 Å². The Morgan fingerprint density at radius 2 is 1.72 bits per heavy atom. The summed E-state index contributed by atoms with van der Waals surface area (Å²) in [7, 11) is 0. The van der Waals surface area contributed by atoms with Gasteiger partial charge in [0.1, 0.15) is 31.0 Å². The fourth-order valence-electron chi connectivity index (χ4n) is 3.54. The van der Waals surface area contributed by atoms with Gasteiger partial charge in [-0.05, 0) is 29.7 Å². The van der Waals surface area contributed by atoms with E-state index in [0.717, 1.165) is 10.9 Å². The van der Waals surface area contributed by atoms with Crippen LogP contribution in [0.4, 0.5) is 5.69 Å². The van der Waals surface area contributed by atoms with Crippen LogP contribution in [0.1, 0.15) is 16.6 Å². The highest BCUT2D eigenvalue weighted by molar-refractivity contribution is 5.94. The predicted octanol–water partition coefficient (Wildman–Crippen LogP) is 1.06. The van der Waals surface area contributed by atoms with Crippen molar-refractivity contribution in [2.45, 2.75) is 30.6 Å². The average molecular weight is 398 g/mol. The Balaban J connectivity index is 1.53. The second-order valence-corrected chi connectivity index (χ2v) is 7.00. The number of nitrogen functional groups attached to an aromatic ring is 1. The third-order valence-electron chi connectivity index (χ3n) is 5.15. The molecule has 0 unspecified atom stereocenters. The van der Waals surface area contributed by atoms with Crippen LogP contribution in [0.3, 0.4) is 0 Å². The minimum absolute atomic E-state index is 0.200. The molecule has 5 atom stereocenters. The van der Waals surface area contributed by atoms with E-state index in [-0.39, 0.29) is 17.9 Å². The van der Waals surface area contributed by atoms with E-state index in [1.165, 1.54) is 6.07 Å². The van der Waals surface area contributed by atoms with Crippen molar-refractivity contribution in [3.63, 3.8) is 0 Å². The van der Waals surface area contributed by atoms with Gasteiger partial charge in [-0.1, -0.05) is 30.3 Å². The van der Waals surface area contributed by atoms with Crippen molar-refractivity contribution in [1.82, 2.24) is 4.57 Å². The molecule has 8 nitrogen and oxygen atoms in total. The molecule has 5 N–H and O–H groups in total. The first-order valence-corrected chi connectivity index (χ1v) is 9.24. The number of rotatable bonds is 4. The van der Waals surface area contributed by atoms with Crippen LogP contribution in [0.25, 0.3) is 10.9 Å². The number of aliphatic hydroxyl groups is 3. The molecule has 0 aliphatic carbocycles. The van der Waals surface area contributed by atoms with Gasteiger partial charge in [0.05, 0.1) is 11.1 Å². The zero-order valence-electron chi connectivity index (χ0n) is 15.5. The van der Waals surface area contributed by atoms with Crippen LogP contribution in [0, 0.1) is 0 Å². The molecule has 29 heavy (non-hydrogen) atoms. The van der Waals surface area contributed by atoms with E-state index in [4.69, 9.17) is 15.2 Å². The minimum Gasteiger partial charge on any atom is -0.459 e. The molecule has 4 rings (SSSR count). The van der Waals surface area contributed by atoms with Gasteiger partial charge in [0.25, 0.3) is 0 Å². The first-order valence-electron chi connectivity index (χ1n) is 9.24. The summed E-state index contributed by atoms with van der Waals surface area (Å²) < 4.78 is 12.8. The van der Waals surface area contributed by atoms with E-state index in [1.807, 2.05) is 30.3 Å². The number of esters is 1. The summed E-state index contributed by atoms with van der Waals surface area (Å²) in [6.45, 7) is -0.312. The molecular weight excluding hydrogens is 376 g/mol. The number of nitrogens with zero attached hydrogens (tertiary/aromatic N) is 1. The molecule has 1 aliphatic heterocycles. The van der Waals surface area contributed by atoms with Crippen LogP contribution in [0.2, 0.25) is 0 Å². The molecule has 2 aromatic carbocycles. The molecule has 0 saturated carbocycles. The normalized spacial score (nSPS) is 27.1. The number of carbonyl (C=O) groups excluding carboxylic acids is 1. The molecule has 1 saturated heterocycles. The fourth-order valence-corrected chi connectivity index (χ4v) is 3.54. The largest absolute Gasteiger partial charge is 0.459 e. The van der Waals surface area contributed by atoms with E-state index in [0.29, 0.717) is 0 Å². The average Bonchev–Trinajstić information content (AvgIpc) is 3.16. The molecule has 0 spiro atoms. The molecule has 1 fully saturated rings. The molecule has 1 aliphatic rings. The lowest BCUT2D eigenvalue weighted by atomic mass is 9.98. The van der Waals surface area contributed by atoms with Gasteiger partial charge in [0.15, 0.2) is 6.23 Å². The Kier molecular flexibility index (Phi) is 5.25. The number of nitrogens with two attached hydrogens (primary N) is 1. The molecule has 8 heteroatoms. The number of aromatic nitrogens is 1. The maximum Gasteiger partial charge on any atom is 0.340 e. The van der Waals surface area contributed by atoms with Crippen molar-refractivity contribution in [1.29, 1.82) is 0 Å². The molecular formula is C21H22N2O6. The van der Waals surface area contributed by atoms with Crippen molar-refractivity contribution in [3.8, 4) is 0 Å². The number of hydrogen-bond acceptors (Lipinski definition) is 7. The lowest BCUT2D eigenvalue weighted by molar-refractivity contribution is -0.250. The summed E-state index contributed by atoms with van der Waals surface area (Å²) in [6.07, 6.45) is -4.52. The van der Waals surface area contributed by atoms with Crippen molar-refractivity contribution in [2.24, 2.45) is 0 Å². The van der Waals surface area contributed by atoms with Crippen LogP contribution in [-0.2, 0) is 9.47 Å². The highest BCUT2D eigenvalue weighted by Crippen LogP contribution is 2.32. The summed E-state index contributed by atoms with van der Waals surface area (Å²) in [5.74, 6) is -0.664. The molecule has 152 valence electrons. The summed E-state index contributed by atoms with van der Waals surface area (Å²) in [5.41, 5.74) is 7.05. The lowest BCUT2D eigenvalue weighted by Gasteiger charge is -2.41. The quantitative estimate of drug-likeness (QED) is 0.382. The first-order chi connectivity index (χ1) is 14.0. The van der Waals surface area contributed by atoms with Gasteiger partial charge in [-0.3, -0.25) is 0 Å². The van der Waals surface area contributed by atoms with Crippen molar-refractivity contribution < 1.29 is 29.6 Å². The number of hydrogen-bond donors (Lipinski definition) is 4. The second kappa shape index (κ2) is 7.84. The topological polar surface area (TPSA) is 127 Å². The van der Waals surface area contributed by atoms with Gasteiger partial charge < -0.3 is 35.1 Å². The minimum atomic E-state index is -1.47. The van der Waals surface area contributed by atoms with E-state index < -0.39 is 36.6 Å². The van der Waals surface area contributed by atoms with Crippen LogP contribution >= 0.6 is 0 Å². The number of anilines is 1. The van der Waals surface area contributed by atoms with Crippen LogP contribution in [0.15, 0.2) is 60.8 Å². The standard InChI is InChI=1S/C21H22N2O6/c22-14-7-3-2-6-13(14)21(27)28-11-16-17(24)18(25)19(26)20(29-16)23-10-9-12-5-1-4-8-15(12)23/h1-10,16-20,24-26H,11,22H2/t16-,17-,18+,19-,20-/m1/s1. The molecule has 3 aromatic rings. The number of para-hydroxylation sites is 2. The van der Waals surface area contributed by atoms with Gasteiger partial charge in [0, 0.05) is 11.9 Å². The first kappa shape index (κ1) is 19.4. The van der Waals surface area contributed by atoms with Crippen molar-refractivity contribution >= 4 is 22.6 Å². The van der Waals surface area contributed by atoms with E-state index in [1.54, 1.807) is 29.0 Å². The number of fused-ring (bicyclic) bond motifs is 1. The number of aliphatic hydroxyl groups excluding tert-OH is 3. The van der Waals surface area contributed by atoms with Gasteiger partial charge >= 0.3 is 5.97 Å². The summed E-state index contributed by atoms with van der Waals surface area (Å²) in [4.78, 5) is 12.3. The molecule has 2 heterocycles. The SMILES string of the molecule is Nc1ccccc1C(=O)OC[C@H]1O[C@@H](n2ccc3ccccc32)[C@H](O)[C@@H](O)[C@@H]1O.